The molecule has 0 radical (unpaired) electrons. The van der Waals surface area contributed by atoms with E-state index in [4.69, 9.17) is 5.14 Å². The first-order valence-electron chi connectivity index (χ1n) is 5.64. The first kappa shape index (κ1) is 13.6. The molecule has 104 valence electrons. The van der Waals surface area contributed by atoms with Crippen molar-refractivity contribution >= 4 is 10.0 Å². The van der Waals surface area contributed by atoms with Crippen molar-refractivity contribution in [3.05, 3.63) is 18.5 Å². The molecule has 19 heavy (non-hydrogen) atoms. The Morgan fingerprint density at radius 1 is 1.26 bits per heavy atom. The van der Waals surface area contributed by atoms with Crippen LogP contribution in [0.5, 0.6) is 0 Å². The van der Waals surface area contributed by atoms with Crippen molar-refractivity contribution in [2.24, 2.45) is 5.14 Å². The Balaban J connectivity index is 2.56. The second kappa shape index (κ2) is 4.70. The van der Waals surface area contributed by atoms with Crippen molar-refractivity contribution in [2.75, 3.05) is 0 Å². The van der Waals surface area contributed by atoms with Gasteiger partial charge < -0.3 is 0 Å². The van der Waals surface area contributed by atoms with Gasteiger partial charge in [-0.25, -0.2) is 23.2 Å². The highest BCUT2D eigenvalue weighted by atomic mass is 32.2. The maximum absolute atomic E-state index is 11.5. The monoisotopic (exact) mass is 285 g/mol. The minimum Gasteiger partial charge on any atom is -0.296 e. The summed E-state index contributed by atoms with van der Waals surface area (Å²) in [5, 5.41) is 16.5. The van der Waals surface area contributed by atoms with Gasteiger partial charge in [-0.1, -0.05) is 0 Å². The minimum atomic E-state index is -3.92. The van der Waals surface area contributed by atoms with Crippen LogP contribution in [-0.4, -0.2) is 37.9 Å². The lowest BCUT2D eigenvalue weighted by atomic mass is 10.3. The lowest BCUT2D eigenvalue weighted by Crippen LogP contribution is -2.22. The molecule has 0 amide bonds. The topological polar surface area (TPSA) is 122 Å². The molecule has 0 spiro atoms. The predicted molar refractivity (Wildman–Crippen MR) is 65.6 cm³/mol. The highest BCUT2D eigenvalue weighted by Crippen LogP contribution is 2.21. The Labute approximate surface area is 110 Å². The van der Waals surface area contributed by atoms with Gasteiger partial charge in [0.1, 0.15) is 18.7 Å². The molecule has 0 fully saturated rings. The fourth-order valence-corrected chi connectivity index (χ4v) is 2.52. The number of nitrogens with zero attached hydrogens (tertiary/aromatic N) is 6. The molecule has 1 atom stereocenters. The number of nitrogens with two attached hydrogens (primary N) is 1. The van der Waals surface area contributed by atoms with E-state index in [-0.39, 0.29) is 17.2 Å². The van der Waals surface area contributed by atoms with Crippen molar-refractivity contribution in [1.29, 1.82) is 0 Å². The second-order valence-electron chi connectivity index (χ2n) is 4.40. The fourth-order valence-electron chi connectivity index (χ4n) is 1.79. The molecule has 0 bridgehead atoms. The SMILES string of the molecule is CC(c1nnc(S(N)(=O)=O)n1C(C)C)n1cncn1. The Kier molecular flexibility index (Phi) is 3.37. The average Bonchev–Trinajstić information content (AvgIpc) is 2.96. The van der Waals surface area contributed by atoms with Crippen LogP contribution in [0.1, 0.15) is 38.7 Å². The number of aromatic nitrogens is 6. The lowest BCUT2D eigenvalue weighted by molar-refractivity contribution is 0.453. The molecule has 0 aliphatic carbocycles. The van der Waals surface area contributed by atoms with Gasteiger partial charge in [0.25, 0.3) is 15.2 Å². The van der Waals surface area contributed by atoms with E-state index in [9.17, 15) is 8.42 Å². The van der Waals surface area contributed by atoms with E-state index in [1.165, 1.54) is 17.2 Å². The van der Waals surface area contributed by atoms with E-state index < -0.39 is 10.0 Å². The standard InChI is InChI=1S/C9H15N7O2S/c1-6(2)16-8(7(3)15-5-11-4-12-15)13-14-9(16)19(10,17)18/h4-7H,1-3H3,(H2,10,17,18). The van der Waals surface area contributed by atoms with Crippen molar-refractivity contribution in [2.45, 2.75) is 38.0 Å². The Hall–Kier alpha value is -1.81. The predicted octanol–water partition coefficient (Wildman–Crippen LogP) is -0.293. The van der Waals surface area contributed by atoms with Crippen LogP contribution in [0.4, 0.5) is 0 Å². The van der Waals surface area contributed by atoms with Crippen LogP contribution < -0.4 is 5.14 Å². The molecular weight excluding hydrogens is 270 g/mol. The van der Waals surface area contributed by atoms with Gasteiger partial charge in [0, 0.05) is 6.04 Å². The summed E-state index contributed by atoms with van der Waals surface area (Å²) in [6.07, 6.45) is 2.92. The molecule has 2 heterocycles. The minimum absolute atomic E-state index is 0.149. The molecule has 0 aromatic carbocycles. The van der Waals surface area contributed by atoms with Crippen LogP contribution >= 0.6 is 0 Å². The average molecular weight is 285 g/mol. The van der Waals surface area contributed by atoms with Gasteiger partial charge in [0.2, 0.25) is 0 Å². The number of hydrogen-bond donors (Lipinski definition) is 1. The lowest BCUT2D eigenvalue weighted by Gasteiger charge is -2.16. The molecule has 0 saturated carbocycles. The Bertz CT molecular complexity index is 659. The van der Waals surface area contributed by atoms with E-state index >= 15 is 0 Å². The van der Waals surface area contributed by atoms with Crippen LogP contribution in [0.3, 0.4) is 0 Å². The molecule has 2 N–H and O–H groups in total. The van der Waals surface area contributed by atoms with Crippen molar-refractivity contribution < 1.29 is 8.42 Å². The maximum atomic E-state index is 11.5. The summed E-state index contributed by atoms with van der Waals surface area (Å²) in [6.45, 7) is 5.48. The van der Waals surface area contributed by atoms with Crippen LogP contribution in [0.2, 0.25) is 0 Å². The number of primary sulfonamides is 1. The van der Waals surface area contributed by atoms with E-state index in [2.05, 4.69) is 20.3 Å². The molecule has 9 nitrogen and oxygen atoms in total. The first-order valence-corrected chi connectivity index (χ1v) is 7.18. The van der Waals surface area contributed by atoms with Crippen LogP contribution in [0, 0.1) is 0 Å². The molecule has 2 aromatic rings. The first-order chi connectivity index (χ1) is 8.82. The highest BCUT2D eigenvalue weighted by Gasteiger charge is 2.26. The molecule has 2 rings (SSSR count). The summed E-state index contributed by atoms with van der Waals surface area (Å²) in [4.78, 5) is 3.85. The third-order valence-corrected chi connectivity index (χ3v) is 3.46. The van der Waals surface area contributed by atoms with E-state index in [0.717, 1.165) is 0 Å². The van der Waals surface area contributed by atoms with Crippen molar-refractivity contribution in [1.82, 2.24) is 29.5 Å². The molecular formula is C9H15N7O2S. The summed E-state index contributed by atoms with van der Waals surface area (Å²) in [7, 11) is -3.92. The smallest absolute Gasteiger partial charge is 0.273 e. The maximum Gasteiger partial charge on any atom is 0.273 e. The largest absolute Gasteiger partial charge is 0.296 e. The summed E-state index contributed by atoms with van der Waals surface area (Å²) in [5.41, 5.74) is 0. The summed E-state index contributed by atoms with van der Waals surface area (Å²) < 4.78 is 26.1. The summed E-state index contributed by atoms with van der Waals surface area (Å²) >= 11 is 0. The number of rotatable bonds is 4. The van der Waals surface area contributed by atoms with E-state index in [1.54, 1.807) is 4.68 Å². The highest BCUT2D eigenvalue weighted by molar-refractivity contribution is 7.89. The van der Waals surface area contributed by atoms with Crippen LogP contribution in [-0.2, 0) is 10.0 Å². The molecule has 10 heteroatoms. The zero-order valence-electron chi connectivity index (χ0n) is 10.8. The van der Waals surface area contributed by atoms with Crippen LogP contribution in [0.15, 0.2) is 17.8 Å². The summed E-state index contributed by atoms with van der Waals surface area (Å²) in [6, 6.07) is -0.447. The van der Waals surface area contributed by atoms with Crippen molar-refractivity contribution in [3.8, 4) is 0 Å². The quantitative estimate of drug-likeness (QED) is 0.823. The number of sulfonamides is 1. The molecule has 0 saturated heterocycles. The van der Waals surface area contributed by atoms with Crippen LogP contribution in [0.25, 0.3) is 0 Å². The van der Waals surface area contributed by atoms with Gasteiger partial charge in [0.15, 0.2) is 5.82 Å². The van der Waals surface area contributed by atoms with Crippen molar-refractivity contribution in [3.63, 3.8) is 0 Å². The van der Waals surface area contributed by atoms with E-state index in [0.29, 0.717) is 5.82 Å². The Morgan fingerprint density at radius 2 is 1.95 bits per heavy atom. The third-order valence-electron chi connectivity index (χ3n) is 2.67. The number of hydrogen-bond acceptors (Lipinski definition) is 6. The van der Waals surface area contributed by atoms with E-state index in [1.807, 2.05) is 20.8 Å². The zero-order valence-corrected chi connectivity index (χ0v) is 11.6. The van der Waals surface area contributed by atoms with Gasteiger partial charge in [-0.15, -0.1) is 10.2 Å². The van der Waals surface area contributed by atoms with Gasteiger partial charge in [-0.2, -0.15) is 5.10 Å². The Morgan fingerprint density at radius 3 is 2.42 bits per heavy atom. The van der Waals surface area contributed by atoms with Gasteiger partial charge in [-0.3, -0.25) is 4.57 Å². The summed E-state index contributed by atoms with van der Waals surface area (Å²) in [5.74, 6) is 0.463. The normalized spacial score (nSPS) is 13.9. The zero-order chi connectivity index (χ0) is 14.2. The third kappa shape index (κ3) is 2.49. The molecule has 1 unspecified atom stereocenters. The molecule has 0 aliphatic rings. The second-order valence-corrected chi connectivity index (χ2v) is 5.86. The molecule has 2 aromatic heterocycles. The van der Waals surface area contributed by atoms with Gasteiger partial charge in [0.05, 0.1) is 0 Å². The van der Waals surface area contributed by atoms with Gasteiger partial charge >= 0.3 is 0 Å². The fraction of sp³-hybridized carbons (Fsp3) is 0.556. The van der Waals surface area contributed by atoms with Gasteiger partial charge in [-0.05, 0) is 20.8 Å². The molecule has 0 aliphatic heterocycles.